The highest BCUT2D eigenvalue weighted by atomic mass is 32.2. The fourth-order valence-electron chi connectivity index (χ4n) is 3.55. The highest BCUT2D eigenvalue weighted by Crippen LogP contribution is 2.27. The quantitative estimate of drug-likeness (QED) is 0.722. The summed E-state index contributed by atoms with van der Waals surface area (Å²) in [6.45, 7) is 6.54. The molecular weight excluding hydrogens is 352 g/mol. The molecule has 0 N–H and O–H groups in total. The van der Waals surface area contributed by atoms with Crippen LogP contribution in [0.1, 0.15) is 29.5 Å². The molecule has 2 nitrogen and oxygen atoms in total. The number of halogens is 2. The van der Waals surface area contributed by atoms with Gasteiger partial charge in [-0.25, -0.2) is 8.78 Å². The third-order valence-corrected chi connectivity index (χ3v) is 7.07. The Bertz CT molecular complexity index is 760. The third kappa shape index (κ3) is 4.64. The van der Waals surface area contributed by atoms with Crippen molar-refractivity contribution in [2.75, 3.05) is 19.6 Å². The van der Waals surface area contributed by atoms with Gasteiger partial charge < -0.3 is 9.45 Å². The number of hydrogen-bond donors (Lipinski definition) is 0. The van der Waals surface area contributed by atoms with E-state index in [0.29, 0.717) is 12.0 Å². The van der Waals surface area contributed by atoms with Crippen LogP contribution in [0.5, 0.6) is 0 Å². The molecular formula is C21H25F2NOS. The van der Waals surface area contributed by atoms with Crippen LogP contribution in [-0.2, 0) is 17.6 Å². The molecule has 0 radical (unpaired) electrons. The molecule has 1 atom stereocenters. The summed E-state index contributed by atoms with van der Waals surface area (Å²) in [5, 5.41) is 0.176. The first-order chi connectivity index (χ1) is 12.4. The summed E-state index contributed by atoms with van der Waals surface area (Å²) in [5.41, 5.74) is 2.83. The van der Waals surface area contributed by atoms with Gasteiger partial charge in [-0.3, -0.25) is 0 Å². The molecule has 1 aliphatic heterocycles. The van der Waals surface area contributed by atoms with E-state index in [1.54, 1.807) is 0 Å². The third-order valence-electron chi connectivity index (χ3n) is 5.10. The molecule has 0 spiro atoms. The van der Waals surface area contributed by atoms with Crippen molar-refractivity contribution in [1.29, 1.82) is 0 Å². The molecule has 0 aliphatic carbocycles. The topological polar surface area (TPSA) is 26.3 Å². The van der Waals surface area contributed by atoms with Gasteiger partial charge in [0.2, 0.25) is 0 Å². The van der Waals surface area contributed by atoms with Crippen LogP contribution in [0, 0.1) is 25.5 Å². The van der Waals surface area contributed by atoms with E-state index in [1.807, 2.05) is 26.0 Å². The van der Waals surface area contributed by atoms with Gasteiger partial charge in [-0.2, -0.15) is 0 Å². The monoisotopic (exact) mass is 377 g/mol. The van der Waals surface area contributed by atoms with Gasteiger partial charge >= 0.3 is 0 Å². The maximum Gasteiger partial charge on any atom is 0.155 e. The van der Waals surface area contributed by atoms with E-state index in [9.17, 15) is 13.3 Å². The first-order valence-electron chi connectivity index (χ1n) is 9.08. The van der Waals surface area contributed by atoms with Crippen LogP contribution in [0.25, 0.3) is 0 Å². The molecule has 2 aromatic carbocycles. The summed E-state index contributed by atoms with van der Waals surface area (Å²) in [4.78, 5) is 3.22. The summed E-state index contributed by atoms with van der Waals surface area (Å²) in [6.07, 6.45) is 2.33. The van der Waals surface area contributed by atoms with E-state index in [2.05, 4.69) is 11.0 Å². The standard InChI is InChI=1S/C21H25F2NOS/c1-15-3-6-21(16(2)13-15)26(25)19-8-11-24(12-9-19)10-7-17-4-5-18(22)14-20(17)23/h3-6,13-14,19H,7-12H2,1-2H3. The fourth-order valence-corrected chi connectivity index (χ4v) is 5.13. The van der Waals surface area contributed by atoms with Crippen LogP contribution in [0.2, 0.25) is 0 Å². The van der Waals surface area contributed by atoms with Gasteiger partial charge in [0.15, 0.2) is 4.90 Å². The molecule has 0 saturated carbocycles. The lowest BCUT2D eigenvalue weighted by Gasteiger charge is -2.32. The van der Waals surface area contributed by atoms with E-state index >= 15 is 0 Å². The van der Waals surface area contributed by atoms with Gasteiger partial charge in [0.1, 0.15) is 16.9 Å². The van der Waals surface area contributed by atoms with Gasteiger partial charge in [0, 0.05) is 44.1 Å². The lowest BCUT2D eigenvalue weighted by molar-refractivity contribution is 0.232. The second-order valence-corrected chi connectivity index (χ2v) is 8.79. The summed E-state index contributed by atoms with van der Waals surface area (Å²) >= 11 is -0.979. The van der Waals surface area contributed by atoms with Gasteiger partial charge in [-0.05, 0) is 49.1 Å². The molecule has 1 saturated heterocycles. The minimum atomic E-state index is -0.979. The highest BCUT2D eigenvalue weighted by Gasteiger charge is 2.30. The molecule has 1 heterocycles. The summed E-state index contributed by atoms with van der Waals surface area (Å²) < 4.78 is 39.6. The van der Waals surface area contributed by atoms with E-state index in [1.165, 1.54) is 17.7 Å². The number of benzene rings is 2. The smallest absolute Gasteiger partial charge is 0.155 e. The van der Waals surface area contributed by atoms with Crippen LogP contribution in [0.15, 0.2) is 41.3 Å². The van der Waals surface area contributed by atoms with Crippen molar-refractivity contribution in [2.45, 2.75) is 43.3 Å². The van der Waals surface area contributed by atoms with Crippen molar-refractivity contribution in [1.82, 2.24) is 4.90 Å². The maximum atomic E-state index is 13.7. The van der Waals surface area contributed by atoms with Crippen molar-refractivity contribution in [3.8, 4) is 0 Å². The lowest BCUT2D eigenvalue weighted by atomic mass is 10.1. The fraction of sp³-hybridized carbons (Fsp3) is 0.429. The Balaban J connectivity index is 1.52. The largest absolute Gasteiger partial charge is 0.611 e. The molecule has 26 heavy (non-hydrogen) atoms. The molecule has 0 bridgehead atoms. The molecule has 0 amide bonds. The van der Waals surface area contributed by atoms with Crippen molar-refractivity contribution >= 4 is 11.2 Å². The first-order valence-corrected chi connectivity index (χ1v) is 10.3. The van der Waals surface area contributed by atoms with Crippen LogP contribution in [-0.4, -0.2) is 34.3 Å². The molecule has 1 unspecified atom stereocenters. The zero-order valence-corrected chi connectivity index (χ0v) is 16.1. The maximum absolute atomic E-state index is 13.7. The predicted octanol–water partition coefficient (Wildman–Crippen LogP) is 4.40. The van der Waals surface area contributed by atoms with Gasteiger partial charge in [0.05, 0.1) is 0 Å². The molecule has 1 fully saturated rings. The first kappa shape index (κ1) is 19.3. The molecule has 0 aromatic heterocycles. The van der Waals surface area contributed by atoms with Gasteiger partial charge in [0.25, 0.3) is 0 Å². The van der Waals surface area contributed by atoms with E-state index in [4.69, 9.17) is 0 Å². The Kier molecular flexibility index (Phi) is 6.33. The zero-order chi connectivity index (χ0) is 18.7. The van der Waals surface area contributed by atoms with Crippen LogP contribution in [0.4, 0.5) is 8.78 Å². The van der Waals surface area contributed by atoms with E-state index < -0.39 is 22.8 Å². The summed E-state index contributed by atoms with van der Waals surface area (Å²) in [6, 6.07) is 9.86. The second kappa shape index (κ2) is 8.51. The predicted molar refractivity (Wildman–Crippen MR) is 102 cm³/mol. The van der Waals surface area contributed by atoms with Crippen molar-refractivity contribution in [2.24, 2.45) is 0 Å². The molecule has 2 aromatic rings. The Morgan fingerprint density at radius 2 is 1.81 bits per heavy atom. The molecule has 5 heteroatoms. The molecule has 1 aliphatic rings. The van der Waals surface area contributed by atoms with Crippen LogP contribution in [0.3, 0.4) is 0 Å². The number of nitrogens with zero attached hydrogens (tertiary/aromatic N) is 1. The van der Waals surface area contributed by atoms with E-state index in [-0.39, 0.29) is 5.25 Å². The number of aryl methyl sites for hydroxylation is 2. The number of rotatable bonds is 5. The summed E-state index contributed by atoms with van der Waals surface area (Å²) in [5.74, 6) is -1.02. The van der Waals surface area contributed by atoms with Gasteiger partial charge in [-0.15, -0.1) is 0 Å². The number of likely N-dealkylation sites (tertiary alicyclic amines) is 1. The van der Waals surface area contributed by atoms with E-state index in [0.717, 1.165) is 49.0 Å². The molecule has 3 rings (SSSR count). The van der Waals surface area contributed by atoms with Crippen LogP contribution >= 0.6 is 0 Å². The van der Waals surface area contributed by atoms with Crippen molar-refractivity contribution in [3.63, 3.8) is 0 Å². The molecule has 140 valence electrons. The highest BCUT2D eigenvalue weighted by molar-refractivity contribution is 7.92. The summed E-state index contributed by atoms with van der Waals surface area (Å²) in [7, 11) is 0. The normalized spacial score (nSPS) is 17.4. The SMILES string of the molecule is Cc1ccc([S+]([O-])C2CCN(CCc3ccc(F)cc3F)CC2)c(C)c1. The van der Waals surface area contributed by atoms with Gasteiger partial charge in [-0.1, -0.05) is 23.8 Å². The van der Waals surface area contributed by atoms with Crippen LogP contribution < -0.4 is 0 Å². The average Bonchev–Trinajstić information content (AvgIpc) is 2.61. The Labute approximate surface area is 157 Å². The van der Waals surface area contributed by atoms with Crippen molar-refractivity contribution in [3.05, 3.63) is 64.7 Å². The number of piperidine rings is 1. The Morgan fingerprint density at radius 3 is 2.46 bits per heavy atom. The Morgan fingerprint density at radius 1 is 1.08 bits per heavy atom. The number of hydrogen-bond acceptors (Lipinski definition) is 2. The zero-order valence-electron chi connectivity index (χ0n) is 15.3. The minimum absolute atomic E-state index is 0.176. The van der Waals surface area contributed by atoms with Crippen molar-refractivity contribution < 1.29 is 13.3 Å². The minimum Gasteiger partial charge on any atom is -0.611 e. The lowest BCUT2D eigenvalue weighted by Crippen LogP contribution is -2.40. The average molecular weight is 378 g/mol. The Hall–Kier alpha value is -1.43. The second-order valence-electron chi connectivity index (χ2n) is 7.09.